The molecule has 3 rings (SSSR count). The van der Waals surface area contributed by atoms with E-state index in [0.29, 0.717) is 17.9 Å². The quantitative estimate of drug-likeness (QED) is 0.747. The molecule has 0 atom stereocenters. The van der Waals surface area contributed by atoms with Crippen LogP contribution in [0.3, 0.4) is 0 Å². The van der Waals surface area contributed by atoms with Crippen LogP contribution in [-0.4, -0.2) is 24.7 Å². The second-order valence-electron chi connectivity index (χ2n) is 5.53. The topological polar surface area (TPSA) is 75.3 Å². The normalized spacial score (nSPS) is 11.8. The van der Waals surface area contributed by atoms with Crippen LogP contribution in [0, 0.1) is 0 Å². The third-order valence-corrected chi connectivity index (χ3v) is 3.81. The second-order valence-corrected chi connectivity index (χ2v) is 6.38. The standard InChI is InChI=1S/C15H16BrN5O/c1-15(2,22)12-6-13(18-8-10-4-3-5-17-7-10)21-14(20-12)11(16)9-19-21/h3-7,9,18,22H,8H2,1-2H3. The number of aromatic nitrogens is 4. The summed E-state index contributed by atoms with van der Waals surface area (Å²) < 4.78 is 2.48. The van der Waals surface area contributed by atoms with Crippen LogP contribution in [0.15, 0.2) is 41.3 Å². The van der Waals surface area contributed by atoms with Gasteiger partial charge in [0.1, 0.15) is 11.4 Å². The Morgan fingerprint density at radius 2 is 2.18 bits per heavy atom. The van der Waals surface area contributed by atoms with Gasteiger partial charge in [-0.2, -0.15) is 9.61 Å². The Bertz CT molecular complexity index is 795. The SMILES string of the molecule is CC(C)(O)c1cc(NCc2cccnc2)n2ncc(Br)c2n1. The van der Waals surface area contributed by atoms with E-state index in [1.54, 1.807) is 37.0 Å². The maximum atomic E-state index is 10.2. The Morgan fingerprint density at radius 3 is 2.86 bits per heavy atom. The average Bonchev–Trinajstić information content (AvgIpc) is 2.87. The molecule has 0 unspecified atom stereocenters. The molecule has 0 bridgehead atoms. The van der Waals surface area contributed by atoms with Gasteiger partial charge in [-0.3, -0.25) is 4.98 Å². The van der Waals surface area contributed by atoms with Gasteiger partial charge >= 0.3 is 0 Å². The zero-order chi connectivity index (χ0) is 15.7. The van der Waals surface area contributed by atoms with E-state index in [-0.39, 0.29) is 0 Å². The molecule has 0 fully saturated rings. The highest BCUT2D eigenvalue weighted by Gasteiger charge is 2.21. The molecule has 0 radical (unpaired) electrons. The fraction of sp³-hybridized carbons (Fsp3) is 0.267. The molecule has 0 amide bonds. The molecular formula is C15H16BrN5O. The molecular weight excluding hydrogens is 346 g/mol. The summed E-state index contributed by atoms with van der Waals surface area (Å²) in [4.78, 5) is 8.57. The predicted octanol–water partition coefficient (Wildman–Crippen LogP) is 2.73. The average molecular weight is 362 g/mol. The number of aliphatic hydroxyl groups is 1. The lowest BCUT2D eigenvalue weighted by Crippen LogP contribution is -2.19. The lowest BCUT2D eigenvalue weighted by molar-refractivity contribution is 0.0740. The van der Waals surface area contributed by atoms with Crippen LogP contribution < -0.4 is 5.32 Å². The smallest absolute Gasteiger partial charge is 0.172 e. The lowest BCUT2D eigenvalue weighted by Gasteiger charge is -2.18. The molecule has 2 N–H and O–H groups in total. The Morgan fingerprint density at radius 1 is 1.36 bits per heavy atom. The molecule has 0 saturated carbocycles. The van der Waals surface area contributed by atoms with Crippen molar-refractivity contribution in [2.24, 2.45) is 0 Å². The highest BCUT2D eigenvalue weighted by molar-refractivity contribution is 9.10. The van der Waals surface area contributed by atoms with Gasteiger partial charge in [-0.15, -0.1) is 0 Å². The van der Waals surface area contributed by atoms with E-state index in [0.717, 1.165) is 15.9 Å². The molecule has 3 aromatic heterocycles. The van der Waals surface area contributed by atoms with E-state index in [2.05, 4.69) is 36.3 Å². The van der Waals surface area contributed by atoms with Crippen LogP contribution in [0.1, 0.15) is 25.1 Å². The maximum absolute atomic E-state index is 10.2. The first-order chi connectivity index (χ1) is 10.4. The Hall–Kier alpha value is -1.99. The first kappa shape index (κ1) is 14.9. The minimum absolute atomic E-state index is 0.579. The van der Waals surface area contributed by atoms with Gasteiger partial charge in [-0.05, 0) is 41.4 Å². The van der Waals surface area contributed by atoms with Crippen LogP contribution in [0.25, 0.3) is 5.65 Å². The minimum Gasteiger partial charge on any atom is -0.384 e. The van der Waals surface area contributed by atoms with E-state index in [4.69, 9.17) is 0 Å². The van der Waals surface area contributed by atoms with E-state index >= 15 is 0 Å². The number of anilines is 1. The molecule has 0 aromatic carbocycles. The number of halogens is 1. The van der Waals surface area contributed by atoms with Gasteiger partial charge < -0.3 is 10.4 Å². The van der Waals surface area contributed by atoms with Crippen LogP contribution in [0.5, 0.6) is 0 Å². The van der Waals surface area contributed by atoms with Crippen molar-refractivity contribution < 1.29 is 5.11 Å². The summed E-state index contributed by atoms with van der Waals surface area (Å²) in [5.41, 5.74) is 1.27. The van der Waals surface area contributed by atoms with Crippen LogP contribution in [0.2, 0.25) is 0 Å². The molecule has 0 aliphatic carbocycles. The highest BCUT2D eigenvalue weighted by Crippen LogP contribution is 2.25. The molecule has 0 spiro atoms. The van der Waals surface area contributed by atoms with Crippen molar-refractivity contribution in [3.8, 4) is 0 Å². The summed E-state index contributed by atoms with van der Waals surface area (Å²) in [7, 11) is 0. The largest absolute Gasteiger partial charge is 0.384 e. The van der Waals surface area contributed by atoms with E-state index in [1.165, 1.54) is 0 Å². The van der Waals surface area contributed by atoms with E-state index < -0.39 is 5.60 Å². The second kappa shape index (κ2) is 5.66. The first-order valence-electron chi connectivity index (χ1n) is 6.85. The summed E-state index contributed by atoms with van der Waals surface area (Å²) in [5.74, 6) is 0.761. The molecule has 7 heteroatoms. The number of fused-ring (bicyclic) bond motifs is 1. The van der Waals surface area contributed by atoms with Crippen molar-refractivity contribution in [2.75, 3.05) is 5.32 Å². The zero-order valence-corrected chi connectivity index (χ0v) is 13.9. The molecule has 0 saturated heterocycles. The number of hydrogen-bond donors (Lipinski definition) is 2. The summed E-state index contributed by atoms with van der Waals surface area (Å²) >= 11 is 3.43. The number of nitrogens with one attached hydrogen (secondary N) is 1. The van der Waals surface area contributed by atoms with Crippen molar-refractivity contribution in [1.82, 2.24) is 19.6 Å². The van der Waals surface area contributed by atoms with Gasteiger partial charge in [0.05, 0.1) is 16.4 Å². The van der Waals surface area contributed by atoms with E-state index in [9.17, 15) is 5.11 Å². The summed E-state index contributed by atoms with van der Waals surface area (Å²) in [5, 5.41) is 17.9. The number of rotatable bonds is 4. The van der Waals surface area contributed by atoms with E-state index in [1.807, 2.05) is 18.2 Å². The Kier molecular flexibility index (Phi) is 3.84. The Labute approximate surface area is 136 Å². The molecule has 114 valence electrons. The van der Waals surface area contributed by atoms with Gasteiger partial charge in [0.25, 0.3) is 0 Å². The van der Waals surface area contributed by atoms with Gasteiger partial charge in [0, 0.05) is 25.0 Å². The van der Waals surface area contributed by atoms with Crippen molar-refractivity contribution in [2.45, 2.75) is 26.0 Å². The van der Waals surface area contributed by atoms with Crippen LogP contribution in [-0.2, 0) is 12.1 Å². The zero-order valence-electron chi connectivity index (χ0n) is 12.3. The first-order valence-corrected chi connectivity index (χ1v) is 7.64. The van der Waals surface area contributed by atoms with Crippen molar-refractivity contribution >= 4 is 27.4 Å². The van der Waals surface area contributed by atoms with Crippen molar-refractivity contribution in [1.29, 1.82) is 0 Å². The van der Waals surface area contributed by atoms with Gasteiger partial charge in [-0.1, -0.05) is 6.07 Å². The van der Waals surface area contributed by atoms with Crippen molar-refractivity contribution in [3.05, 3.63) is 52.5 Å². The van der Waals surface area contributed by atoms with Gasteiger partial charge in [0.2, 0.25) is 0 Å². The Balaban J connectivity index is 2.00. The third-order valence-electron chi connectivity index (χ3n) is 3.25. The molecule has 3 heterocycles. The molecule has 6 nitrogen and oxygen atoms in total. The maximum Gasteiger partial charge on any atom is 0.172 e. The van der Waals surface area contributed by atoms with Crippen LogP contribution in [0.4, 0.5) is 5.82 Å². The molecule has 0 aliphatic heterocycles. The minimum atomic E-state index is -1.03. The number of hydrogen-bond acceptors (Lipinski definition) is 5. The van der Waals surface area contributed by atoms with Crippen molar-refractivity contribution in [3.63, 3.8) is 0 Å². The van der Waals surface area contributed by atoms with Gasteiger partial charge in [-0.25, -0.2) is 4.98 Å². The monoisotopic (exact) mass is 361 g/mol. The number of pyridine rings is 1. The molecule has 3 aromatic rings. The van der Waals surface area contributed by atoms with Gasteiger partial charge in [0.15, 0.2) is 5.65 Å². The summed E-state index contributed by atoms with van der Waals surface area (Å²) in [6, 6.07) is 5.70. The fourth-order valence-corrected chi connectivity index (χ4v) is 2.42. The fourth-order valence-electron chi connectivity index (χ4n) is 2.07. The van der Waals surface area contributed by atoms with Crippen LogP contribution >= 0.6 is 15.9 Å². The molecule has 0 aliphatic rings. The number of nitrogens with zero attached hydrogens (tertiary/aromatic N) is 4. The highest BCUT2D eigenvalue weighted by atomic mass is 79.9. The third kappa shape index (κ3) is 2.95. The summed E-state index contributed by atoms with van der Waals surface area (Å²) in [6.07, 6.45) is 5.23. The lowest BCUT2D eigenvalue weighted by atomic mass is 10.1. The predicted molar refractivity (Wildman–Crippen MR) is 87.5 cm³/mol. The summed E-state index contributed by atoms with van der Waals surface area (Å²) in [6.45, 7) is 4.03. The molecule has 22 heavy (non-hydrogen) atoms.